The first-order valence-corrected chi connectivity index (χ1v) is 11.7. The van der Waals surface area contributed by atoms with Gasteiger partial charge in [0.1, 0.15) is 5.75 Å². The number of benzene rings is 1. The molecule has 2 N–H and O–H groups in total. The largest absolute Gasteiger partial charge is 0.493 e. The molecule has 0 bridgehead atoms. The first kappa shape index (κ1) is 27.0. The third-order valence-electron chi connectivity index (χ3n) is 5.54. The predicted octanol–water partition coefficient (Wildman–Crippen LogP) is 6.71. The van der Waals surface area contributed by atoms with Crippen molar-refractivity contribution in [1.29, 1.82) is 0 Å². The Hall–Kier alpha value is -2.04. The van der Waals surface area contributed by atoms with E-state index in [4.69, 9.17) is 4.74 Å². The van der Waals surface area contributed by atoms with Crippen molar-refractivity contribution in [3.63, 3.8) is 0 Å². The van der Waals surface area contributed by atoms with Crippen LogP contribution in [0.4, 0.5) is 0 Å². The zero-order valence-electron chi connectivity index (χ0n) is 20.2. The molecule has 0 radical (unpaired) electrons. The Balaban J connectivity index is 3.32. The highest BCUT2D eigenvalue weighted by Crippen LogP contribution is 2.36. The van der Waals surface area contributed by atoms with Crippen molar-refractivity contribution in [3.8, 4) is 5.75 Å². The lowest BCUT2D eigenvalue weighted by atomic mass is 9.82. The number of rotatable bonds is 15. The quantitative estimate of drug-likeness (QED) is 0.320. The van der Waals surface area contributed by atoms with Gasteiger partial charge in [-0.3, -0.25) is 9.59 Å². The maximum atomic E-state index is 12.2. The zero-order chi connectivity index (χ0) is 23.6. The molecule has 0 aliphatic heterocycles. The molecule has 0 aliphatic rings. The number of hydrogen-bond donors (Lipinski definition) is 2. The molecule has 0 fully saturated rings. The molecular weight excluding hydrogens is 392 g/mol. The highest BCUT2D eigenvalue weighted by molar-refractivity contribution is 5.81. The van der Waals surface area contributed by atoms with Crippen LogP contribution < -0.4 is 4.74 Å². The fourth-order valence-corrected chi connectivity index (χ4v) is 3.81. The summed E-state index contributed by atoms with van der Waals surface area (Å²) in [5, 5.41) is 20.0. The lowest BCUT2D eigenvalue weighted by molar-refractivity contribution is -0.140. The summed E-state index contributed by atoms with van der Waals surface area (Å²) in [7, 11) is 0. The summed E-state index contributed by atoms with van der Waals surface area (Å²) in [6, 6.07) is 5.33. The van der Waals surface area contributed by atoms with Crippen molar-refractivity contribution in [2.24, 2.45) is 17.8 Å². The summed E-state index contributed by atoms with van der Waals surface area (Å²) < 4.78 is 5.85. The number of carboxylic acid groups (broad SMARTS) is 2. The van der Waals surface area contributed by atoms with Crippen LogP contribution in [0.2, 0.25) is 0 Å². The molecule has 1 rings (SSSR count). The maximum Gasteiger partial charge on any atom is 0.310 e. The van der Waals surface area contributed by atoms with E-state index in [0.29, 0.717) is 54.1 Å². The summed E-state index contributed by atoms with van der Waals surface area (Å²) in [6.45, 7) is 13.1. The molecule has 0 spiro atoms. The Labute approximate surface area is 188 Å². The van der Waals surface area contributed by atoms with Crippen molar-refractivity contribution in [2.45, 2.75) is 91.9 Å². The Bertz CT molecular complexity index is 693. The van der Waals surface area contributed by atoms with Crippen LogP contribution in [0, 0.1) is 17.8 Å². The van der Waals surface area contributed by atoms with Crippen LogP contribution in [-0.4, -0.2) is 28.8 Å². The molecule has 0 heterocycles. The maximum absolute atomic E-state index is 12.2. The standard InChI is InChI=1S/C26H42O5/c1-17(2)9-7-11-22(25(27)28)21-14-13-20(31-16-19(5)6)15-24(21)23(26(29)30)12-8-10-18(3)4/h13-15,17-19,22-23H,7-12,16H2,1-6H3,(H,27,28)(H,29,30). The van der Waals surface area contributed by atoms with E-state index in [9.17, 15) is 19.8 Å². The Morgan fingerprint density at radius 1 is 0.742 bits per heavy atom. The number of carbonyl (C=O) groups is 2. The molecule has 1 aromatic rings. The lowest BCUT2D eigenvalue weighted by Gasteiger charge is -2.23. The van der Waals surface area contributed by atoms with Gasteiger partial charge in [0.25, 0.3) is 0 Å². The van der Waals surface area contributed by atoms with Gasteiger partial charge in [-0.2, -0.15) is 0 Å². The third-order valence-corrected chi connectivity index (χ3v) is 5.54. The Morgan fingerprint density at radius 3 is 1.65 bits per heavy atom. The monoisotopic (exact) mass is 434 g/mol. The van der Waals surface area contributed by atoms with E-state index in [2.05, 4.69) is 41.5 Å². The summed E-state index contributed by atoms with van der Waals surface area (Å²) in [5.41, 5.74) is 1.21. The van der Waals surface area contributed by atoms with Gasteiger partial charge in [0.15, 0.2) is 0 Å². The number of aliphatic carboxylic acids is 2. The fraction of sp³-hybridized carbons (Fsp3) is 0.692. The zero-order valence-corrected chi connectivity index (χ0v) is 20.2. The smallest absolute Gasteiger partial charge is 0.310 e. The van der Waals surface area contributed by atoms with Gasteiger partial charge in [-0.05, 0) is 53.9 Å². The van der Waals surface area contributed by atoms with E-state index in [1.807, 2.05) is 0 Å². The fourth-order valence-electron chi connectivity index (χ4n) is 3.81. The molecule has 2 atom stereocenters. The second kappa shape index (κ2) is 13.4. The van der Waals surface area contributed by atoms with Crippen LogP contribution in [0.1, 0.15) is 103 Å². The molecule has 5 heteroatoms. The van der Waals surface area contributed by atoms with Gasteiger partial charge in [0, 0.05) is 0 Å². The topological polar surface area (TPSA) is 83.8 Å². The predicted molar refractivity (Wildman–Crippen MR) is 125 cm³/mol. The molecule has 0 saturated heterocycles. The van der Waals surface area contributed by atoms with Gasteiger partial charge in [0.2, 0.25) is 0 Å². The Kier molecular flexibility index (Phi) is 11.7. The minimum absolute atomic E-state index is 0.340. The van der Waals surface area contributed by atoms with Crippen molar-refractivity contribution in [2.75, 3.05) is 6.61 Å². The van der Waals surface area contributed by atoms with Crippen LogP contribution in [0.3, 0.4) is 0 Å². The molecule has 0 aliphatic carbocycles. The van der Waals surface area contributed by atoms with Crippen molar-refractivity contribution in [3.05, 3.63) is 29.3 Å². The van der Waals surface area contributed by atoms with E-state index in [-0.39, 0.29) is 0 Å². The van der Waals surface area contributed by atoms with Gasteiger partial charge < -0.3 is 14.9 Å². The molecule has 2 unspecified atom stereocenters. The molecule has 5 nitrogen and oxygen atoms in total. The molecule has 0 saturated carbocycles. The average molecular weight is 435 g/mol. The second-order valence-corrected chi connectivity index (χ2v) is 9.93. The van der Waals surface area contributed by atoms with E-state index in [1.165, 1.54) is 0 Å². The van der Waals surface area contributed by atoms with E-state index in [0.717, 1.165) is 25.7 Å². The molecule has 0 aromatic heterocycles. The first-order valence-electron chi connectivity index (χ1n) is 11.7. The Morgan fingerprint density at radius 2 is 1.23 bits per heavy atom. The number of carboxylic acids is 2. The summed E-state index contributed by atoms with van der Waals surface area (Å²) >= 11 is 0. The van der Waals surface area contributed by atoms with Crippen molar-refractivity contribution < 1.29 is 24.5 Å². The molecule has 0 amide bonds. The lowest BCUT2D eigenvalue weighted by Crippen LogP contribution is -2.19. The number of ether oxygens (including phenoxy) is 1. The highest BCUT2D eigenvalue weighted by atomic mass is 16.5. The van der Waals surface area contributed by atoms with Crippen LogP contribution in [-0.2, 0) is 9.59 Å². The van der Waals surface area contributed by atoms with Crippen LogP contribution in [0.25, 0.3) is 0 Å². The van der Waals surface area contributed by atoms with Crippen molar-refractivity contribution >= 4 is 11.9 Å². The van der Waals surface area contributed by atoms with Gasteiger partial charge in [-0.1, -0.05) is 73.3 Å². The molecular formula is C26H42O5. The minimum Gasteiger partial charge on any atom is -0.493 e. The molecule has 31 heavy (non-hydrogen) atoms. The normalized spacial score (nSPS) is 13.6. The third kappa shape index (κ3) is 9.75. The van der Waals surface area contributed by atoms with E-state index >= 15 is 0 Å². The summed E-state index contributed by atoms with van der Waals surface area (Å²) in [6.07, 6.45) is 4.48. The average Bonchev–Trinajstić information content (AvgIpc) is 2.66. The van der Waals surface area contributed by atoms with Gasteiger partial charge in [0.05, 0.1) is 18.4 Å². The highest BCUT2D eigenvalue weighted by Gasteiger charge is 2.29. The summed E-state index contributed by atoms with van der Waals surface area (Å²) in [5.74, 6) is -1.30. The van der Waals surface area contributed by atoms with Gasteiger partial charge in [-0.15, -0.1) is 0 Å². The second-order valence-electron chi connectivity index (χ2n) is 9.93. The summed E-state index contributed by atoms with van der Waals surface area (Å²) in [4.78, 5) is 24.4. The molecule has 176 valence electrons. The van der Waals surface area contributed by atoms with Crippen molar-refractivity contribution in [1.82, 2.24) is 0 Å². The number of hydrogen-bond acceptors (Lipinski definition) is 3. The van der Waals surface area contributed by atoms with E-state index in [1.54, 1.807) is 18.2 Å². The van der Waals surface area contributed by atoms with Crippen LogP contribution in [0.15, 0.2) is 18.2 Å². The van der Waals surface area contributed by atoms with Crippen LogP contribution >= 0.6 is 0 Å². The van der Waals surface area contributed by atoms with Gasteiger partial charge in [-0.25, -0.2) is 0 Å². The van der Waals surface area contributed by atoms with E-state index < -0.39 is 23.8 Å². The van der Waals surface area contributed by atoms with Crippen LogP contribution in [0.5, 0.6) is 5.75 Å². The minimum atomic E-state index is -0.905. The SMILES string of the molecule is CC(C)CCCC(C(=O)O)c1ccc(OCC(C)C)cc1C(CCCC(C)C)C(=O)O. The molecule has 1 aromatic carbocycles. The van der Waals surface area contributed by atoms with Gasteiger partial charge >= 0.3 is 11.9 Å². The first-order chi connectivity index (χ1) is 14.5.